The standard InChI is InChI=1S/C14H15N5O/c20-11-12-3-1-4-15-13(12)18-7-9-19(10-8-18)14-16-5-2-6-17-14/h1-6,11H,7-10H2. The second-order valence-electron chi connectivity index (χ2n) is 4.56. The van der Waals surface area contributed by atoms with E-state index in [0.717, 1.165) is 44.2 Å². The van der Waals surface area contributed by atoms with Gasteiger partial charge in [-0.2, -0.15) is 0 Å². The molecule has 0 atom stereocenters. The molecule has 102 valence electrons. The van der Waals surface area contributed by atoms with Gasteiger partial charge in [0.1, 0.15) is 5.82 Å². The summed E-state index contributed by atoms with van der Waals surface area (Å²) in [6, 6.07) is 5.38. The molecular formula is C14H15N5O. The number of aldehydes is 1. The van der Waals surface area contributed by atoms with Gasteiger partial charge in [-0.05, 0) is 18.2 Å². The van der Waals surface area contributed by atoms with Crippen molar-refractivity contribution in [2.75, 3.05) is 36.0 Å². The smallest absolute Gasteiger partial charge is 0.225 e. The molecule has 6 nitrogen and oxygen atoms in total. The Hall–Kier alpha value is -2.50. The SMILES string of the molecule is O=Cc1cccnc1N1CCN(c2ncccn2)CC1. The van der Waals surface area contributed by atoms with Crippen molar-refractivity contribution in [1.29, 1.82) is 0 Å². The highest BCUT2D eigenvalue weighted by atomic mass is 16.1. The lowest BCUT2D eigenvalue weighted by atomic mass is 10.2. The van der Waals surface area contributed by atoms with Gasteiger partial charge in [0.2, 0.25) is 5.95 Å². The molecule has 0 saturated carbocycles. The molecule has 0 spiro atoms. The normalized spacial score (nSPS) is 15.2. The maximum Gasteiger partial charge on any atom is 0.225 e. The second kappa shape index (κ2) is 5.64. The first-order chi connectivity index (χ1) is 9.88. The van der Waals surface area contributed by atoms with Gasteiger partial charge in [0, 0.05) is 44.8 Å². The third-order valence-electron chi connectivity index (χ3n) is 3.36. The van der Waals surface area contributed by atoms with Crippen molar-refractivity contribution in [3.8, 4) is 0 Å². The summed E-state index contributed by atoms with van der Waals surface area (Å²) in [7, 11) is 0. The molecule has 0 N–H and O–H groups in total. The van der Waals surface area contributed by atoms with E-state index >= 15 is 0 Å². The van der Waals surface area contributed by atoms with Crippen LogP contribution in [0.15, 0.2) is 36.8 Å². The number of rotatable bonds is 3. The molecule has 1 aliphatic rings. The van der Waals surface area contributed by atoms with Crippen LogP contribution in [-0.2, 0) is 0 Å². The van der Waals surface area contributed by atoms with E-state index in [2.05, 4.69) is 24.8 Å². The molecule has 0 aromatic carbocycles. The Balaban J connectivity index is 1.71. The zero-order valence-corrected chi connectivity index (χ0v) is 11.0. The van der Waals surface area contributed by atoms with Crippen LogP contribution in [0.3, 0.4) is 0 Å². The maximum absolute atomic E-state index is 11.1. The second-order valence-corrected chi connectivity index (χ2v) is 4.56. The number of carbonyl (C=O) groups is 1. The molecule has 20 heavy (non-hydrogen) atoms. The Labute approximate surface area is 117 Å². The van der Waals surface area contributed by atoms with Gasteiger partial charge in [-0.25, -0.2) is 15.0 Å². The molecule has 0 amide bonds. The minimum Gasteiger partial charge on any atom is -0.352 e. The number of piperazine rings is 1. The summed E-state index contributed by atoms with van der Waals surface area (Å²) in [5.41, 5.74) is 0.636. The van der Waals surface area contributed by atoms with Crippen molar-refractivity contribution < 1.29 is 4.79 Å². The third kappa shape index (κ3) is 2.45. The summed E-state index contributed by atoms with van der Waals surface area (Å²) in [6.07, 6.45) is 6.07. The summed E-state index contributed by atoms with van der Waals surface area (Å²) in [4.78, 5) is 28.2. The summed E-state index contributed by atoms with van der Waals surface area (Å²) in [5, 5.41) is 0. The Morgan fingerprint density at radius 2 is 1.55 bits per heavy atom. The van der Waals surface area contributed by atoms with E-state index in [1.807, 2.05) is 6.07 Å². The van der Waals surface area contributed by atoms with Crippen LogP contribution in [0.1, 0.15) is 10.4 Å². The first-order valence-corrected chi connectivity index (χ1v) is 6.55. The van der Waals surface area contributed by atoms with Gasteiger partial charge in [0.05, 0.1) is 5.56 Å². The van der Waals surface area contributed by atoms with Gasteiger partial charge >= 0.3 is 0 Å². The van der Waals surface area contributed by atoms with Crippen molar-refractivity contribution >= 4 is 18.1 Å². The minimum absolute atomic E-state index is 0.636. The van der Waals surface area contributed by atoms with Crippen LogP contribution in [0.25, 0.3) is 0 Å². The van der Waals surface area contributed by atoms with Crippen molar-refractivity contribution in [3.05, 3.63) is 42.4 Å². The first kappa shape index (κ1) is 12.5. The van der Waals surface area contributed by atoms with Crippen LogP contribution < -0.4 is 9.80 Å². The van der Waals surface area contributed by atoms with Crippen molar-refractivity contribution in [2.45, 2.75) is 0 Å². The van der Waals surface area contributed by atoms with Crippen LogP contribution >= 0.6 is 0 Å². The van der Waals surface area contributed by atoms with Gasteiger partial charge in [-0.1, -0.05) is 0 Å². The van der Waals surface area contributed by atoms with Gasteiger partial charge in [-0.3, -0.25) is 4.79 Å². The average molecular weight is 269 g/mol. The van der Waals surface area contributed by atoms with E-state index in [-0.39, 0.29) is 0 Å². The number of pyridine rings is 1. The molecule has 0 bridgehead atoms. The lowest BCUT2D eigenvalue weighted by Gasteiger charge is -2.35. The van der Waals surface area contributed by atoms with E-state index in [1.165, 1.54) is 0 Å². The average Bonchev–Trinajstić information content (AvgIpc) is 2.56. The fraction of sp³-hybridized carbons (Fsp3) is 0.286. The quantitative estimate of drug-likeness (QED) is 0.775. The summed E-state index contributed by atoms with van der Waals surface area (Å²) < 4.78 is 0. The molecule has 0 aliphatic carbocycles. The van der Waals surface area contributed by atoms with Gasteiger partial charge in [0.25, 0.3) is 0 Å². The minimum atomic E-state index is 0.636. The highest BCUT2D eigenvalue weighted by molar-refractivity contribution is 5.82. The number of nitrogens with zero attached hydrogens (tertiary/aromatic N) is 5. The van der Waals surface area contributed by atoms with Gasteiger partial charge in [-0.15, -0.1) is 0 Å². The Morgan fingerprint density at radius 1 is 0.900 bits per heavy atom. The molecule has 2 aromatic rings. The summed E-state index contributed by atoms with van der Waals surface area (Å²) >= 11 is 0. The van der Waals surface area contributed by atoms with Crippen LogP contribution in [0.4, 0.5) is 11.8 Å². The molecule has 3 rings (SSSR count). The molecule has 0 radical (unpaired) electrons. The van der Waals surface area contributed by atoms with E-state index in [9.17, 15) is 4.79 Å². The van der Waals surface area contributed by atoms with Gasteiger partial charge < -0.3 is 9.80 Å². The maximum atomic E-state index is 11.1. The highest BCUT2D eigenvalue weighted by Crippen LogP contribution is 2.18. The van der Waals surface area contributed by atoms with Crippen LogP contribution in [0.2, 0.25) is 0 Å². The van der Waals surface area contributed by atoms with Crippen molar-refractivity contribution in [1.82, 2.24) is 15.0 Å². The Kier molecular flexibility index (Phi) is 3.54. The number of hydrogen-bond donors (Lipinski definition) is 0. The van der Waals surface area contributed by atoms with Gasteiger partial charge in [0.15, 0.2) is 6.29 Å². The predicted octanol–water partition coefficient (Wildman–Crippen LogP) is 1.01. The number of hydrogen-bond acceptors (Lipinski definition) is 6. The van der Waals surface area contributed by atoms with Crippen LogP contribution in [0, 0.1) is 0 Å². The van der Waals surface area contributed by atoms with E-state index in [4.69, 9.17) is 0 Å². The number of anilines is 2. The molecule has 0 unspecified atom stereocenters. The fourth-order valence-corrected chi connectivity index (χ4v) is 2.34. The van der Waals surface area contributed by atoms with E-state index < -0.39 is 0 Å². The zero-order chi connectivity index (χ0) is 13.8. The molecular weight excluding hydrogens is 254 g/mol. The van der Waals surface area contributed by atoms with Crippen LogP contribution in [0.5, 0.6) is 0 Å². The Morgan fingerprint density at radius 3 is 2.25 bits per heavy atom. The largest absolute Gasteiger partial charge is 0.352 e. The first-order valence-electron chi connectivity index (χ1n) is 6.55. The molecule has 2 aromatic heterocycles. The van der Waals surface area contributed by atoms with Crippen molar-refractivity contribution in [3.63, 3.8) is 0 Å². The molecule has 1 aliphatic heterocycles. The molecule has 3 heterocycles. The summed E-state index contributed by atoms with van der Waals surface area (Å²) in [5.74, 6) is 1.51. The van der Waals surface area contributed by atoms with Crippen molar-refractivity contribution in [2.24, 2.45) is 0 Å². The zero-order valence-electron chi connectivity index (χ0n) is 11.0. The molecule has 1 fully saturated rings. The number of aromatic nitrogens is 3. The lowest BCUT2D eigenvalue weighted by Crippen LogP contribution is -2.47. The summed E-state index contributed by atoms with van der Waals surface area (Å²) in [6.45, 7) is 3.24. The molecule has 1 saturated heterocycles. The highest BCUT2D eigenvalue weighted by Gasteiger charge is 2.21. The lowest BCUT2D eigenvalue weighted by molar-refractivity contribution is 0.112. The third-order valence-corrected chi connectivity index (χ3v) is 3.36. The predicted molar refractivity (Wildman–Crippen MR) is 76.1 cm³/mol. The number of carbonyl (C=O) groups excluding carboxylic acids is 1. The van der Waals surface area contributed by atoms with E-state index in [1.54, 1.807) is 30.7 Å². The topological polar surface area (TPSA) is 62.2 Å². The fourth-order valence-electron chi connectivity index (χ4n) is 2.34. The molecule has 6 heteroatoms. The van der Waals surface area contributed by atoms with E-state index in [0.29, 0.717) is 5.56 Å². The van der Waals surface area contributed by atoms with Crippen LogP contribution in [-0.4, -0.2) is 47.4 Å². The monoisotopic (exact) mass is 269 g/mol. The Bertz CT molecular complexity index is 581.